The monoisotopic (exact) mass is 195 g/mol. The van der Waals surface area contributed by atoms with Gasteiger partial charge in [-0.3, -0.25) is 0 Å². The zero-order chi connectivity index (χ0) is 10.6. The standard InChI is InChI=1S/C11H17NO2/c1-11(2,13)9-4-3-5-10(8-9)14-7-6-12/h3-5,8,13H,6-7,12H2,1-2H3. The molecule has 0 unspecified atom stereocenters. The summed E-state index contributed by atoms with van der Waals surface area (Å²) in [5.74, 6) is 0.745. The van der Waals surface area contributed by atoms with Crippen LogP contribution in [0.4, 0.5) is 0 Å². The van der Waals surface area contributed by atoms with E-state index in [-0.39, 0.29) is 0 Å². The van der Waals surface area contributed by atoms with Crippen LogP contribution in [0, 0.1) is 0 Å². The molecule has 0 heterocycles. The Labute approximate surface area is 84.5 Å². The molecule has 1 aromatic carbocycles. The van der Waals surface area contributed by atoms with Crippen LogP contribution in [-0.4, -0.2) is 18.3 Å². The quantitative estimate of drug-likeness (QED) is 0.760. The fourth-order valence-electron chi connectivity index (χ4n) is 1.14. The van der Waals surface area contributed by atoms with Crippen molar-refractivity contribution in [1.29, 1.82) is 0 Å². The van der Waals surface area contributed by atoms with E-state index >= 15 is 0 Å². The molecule has 0 aliphatic rings. The summed E-state index contributed by atoms with van der Waals surface area (Å²) in [6.45, 7) is 4.48. The smallest absolute Gasteiger partial charge is 0.119 e. The lowest BCUT2D eigenvalue weighted by Gasteiger charge is -2.18. The van der Waals surface area contributed by atoms with Crippen molar-refractivity contribution < 1.29 is 9.84 Å². The lowest BCUT2D eigenvalue weighted by Crippen LogP contribution is -2.16. The highest BCUT2D eigenvalue weighted by atomic mass is 16.5. The van der Waals surface area contributed by atoms with Crippen molar-refractivity contribution in [3.8, 4) is 5.75 Å². The number of ether oxygens (including phenoxy) is 1. The average Bonchev–Trinajstić information content (AvgIpc) is 2.14. The molecule has 3 heteroatoms. The van der Waals surface area contributed by atoms with E-state index in [0.717, 1.165) is 11.3 Å². The third-order valence-electron chi connectivity index (χ3n) is 1.93. The van der Waals surface area contributed by atoms with E-state index in [0.29, 0.717) is 13.2 Å². The summed E-state index contributed by atoms with van der Waals surface area (Å²) < 4.78 is 5.35. The number of hydrogen-bond acceptors (Lipinski definition) is 3. The van der Waals surface area contributed by atoms with E-state index in [2.05, 4.69) is 0 Å². The van der Waals surface area contributed by atoms with Gasteiger partial charge in [0.25, 0.3) is 0 Å². The Hall–Kier alpha value is -1.06. The van der Waals surface area contributed by atoms with E-state index in [1.165, 1.54) is 0 Å². The number of nitrogens with two attached hydrogens (primary N) is 1. The maximum atomic E-state index is 9.76. The van der Waals surface area contributed by atoms with Gasteiger partial charge in [-0.15, -0.1) is 0 Å². The second-order valence-electron chi connectivity index (χ2n) is 3.72. The van der Waals surface area contributed by atoms with Crippen molar-refractivity contribution in [2.75, 3.05) is 13.2 Å². The van der Waals surface area contributed by atoms with Gasteiger partial charge in [0.1, 0.15) is 12.4 Å². The second kappa shape index (κ2) is 4.44. The molecule has 3 N–H and O–H groups in total. The summed E-state index contributed by atoms with van der Waals surface area (Å²) in [4.78, 5) is 0. The van der Waals surface area contributed by atoms with Crippen molar-refractivity contribution in [3.63, 3.8) is 0 Å². The van der Waals surface area contributed by atoms with Crippen molar-refractivity contribution in [2.45, 2.75) is 19.4 Å². The molecule has 0 aromatic heterocycles. The summed E-state index contributed by atoms with van der Waals surface area (Å²) in [6.07, 6.45) is 0. The van der Waals surface area contributed by atoms with Gasteiger partial charge in [0.05, 0.1) is 5.60 Å². The van der Waals surface area contributed by atoms with Crippen molar-refractivity contribution in [2.24, 2.45) is 5.73 Å². The van der Waals surface area contributed by atoms with Gasteiger partial charge in [0.2, 0.25) is 0 Å². The minimum atomic E-state index is -0.831. The third-order valence-corrected chi connectivity index (χ3v) is 1.93. The molecule has 0 saturated heterocycles. The molecule has 1 rings (SSSR count). The van der Waals surface area contributed by atoms with Crippen LogP contribution in [0.1, 0.15) is 19.4 Å². The maximum Gasteiger partial charge on any atom is 0.119 e. The fraction of sp³-hybridized carbons (Fsp3) is 0.455. The topological polar surface area (TPSA) is 55.5 Å². The van der Waals surface area contributed by atoms with E-state index in [1.54, 1.807) is 13.8 Å². The Morgan fingerprint density at radius 2 is 2.14 bits per heavy atom. The zero-order valence-electron chi connectivity index (χ0n) is 8.66. The number of aliphatic hydroxyl groups is 1. The Morgan fingerprint density at radius 1 is 1.43 bits per heavy atom. The van der Waals surface area contributed by atoms with Gasteiger partial charge in [-0.25, -0.2) is 0 Å². The molecular formula is C11H17NO2. The summed E-state index contributed by atoms with van der Waals surface area (Å²) >= 11 is 0. The normalized spacial score (nSPS) is 11.4. The molecule has 14 heavy (non-hydrogen) atoms. The van der Waals surface area contributed by atoms with Gasteiger partial charge in [-0.2, -0.15) is 0 Å². The maximum absolute atomic E-state index is 9.76. The molecule has 0 radical (unpaired) electrons. The second-order valence-corrected chi connectivity index (χ2v) is 3.72. The average molecular weight is 195 g/mol. The minimum Gasteiger partial charge on any atom is -0.492 e. The molecule has 0 amide bonds. The highest BCUT2D eigenvalue weighted by Gasteiger charge is 2.15. The van der Waals surface area contributed by atoms with Gasteiger partial charge >= 0.3 is 0 Å². The number of benzene rings is 1. The van der Waals surface area contributed by atoms with Gasteiger partial charge in [0.15, 0.2) is 0 Å². The highest BCUT2D eigenvalue weighted by molar-refractivity contribution is 5.31. The third kappa shape index (κ3) is 3.01. The number of hydrogen-bond donors (Lipinski definition) is 2. The first-order valence-electron chi connectivity index (χ1n) is 4.70. The van der Waals surface area contributed by atoms with Crippen LogP contribution in [0.5, 0.6) is 5.75 Å². The van der Waals surface area contributed by atoms with E-state index in [9.17, 15) is 5.11 Å². The number of rotatable bonds is 4. The summed E-state index contributed by atoms with van der Waals surface area (Å²) in [6, 6.07) is 7.41. The van der Waals surface area contributed by atoms with E-state index in [4.69, 9.17) is 10.5 Å². The van der Waals surface area contributed by atoms with Crippen LogP contribution in [-0.2, 0) is 5.60 Å². The molecule has 0 fully saturated rings. The first-order chi connectivity index (χ1) is 6.54. The first-order valence-corrected chi connectivity index (χ1v) is 4.70. The zero-order valence-corrected chi connectivity index (χ0v) is 8.66. The van der Waals surface area contributed by atoms with Crippen LogP contribution in [0.3, 0.4) is 0 Å². The van der Waals surface area contributed by atoms with Crippen LogP contribution >= 0.6 is 0 Å². The summed E-state index contributed by atoms with van der Waals surface area (Å²) in [7, 11) is 0. The van der Waals surface area contributed by atoms with Crippen molar-refractivity contribution in [3.05, 3.63) is 29.8 Å². The van der Waals surface area contributed by atoms with Crippen LogP contribution < -0.4 is 10.5 Å². The van der Waals surface area contributed by atoms with Gasteiger partial charge < -0.3 is 15.6 Å². The molecule has 0 atom stereocenters. The predicted octanol–water partition coefficient (Wildman–Crippen LogP) is 1.25. The Kier molecular flexibility index (Phi) is 3.49. The van der Waals surface area contributed by atoms with Gasteiger partial charge in [-0.05, 0) is 31.5 Å². The van der Waals surface area contributed by atoms with Gasteiger partial charge in [0, 0.05) is 6.54 Å². The molecule has 0 aliphatic heterocycles. The lowest BCUT2D eigenvalue weighted by molar-refractivity contribution is 0.0782. The largest absolute Gasteiger partial charge is 0.492 e. The summed E-state index contributed by atoms with van der Waals surface area (Å²) in [5, 5.41) is 9.76. The van der Waals surface area contributed by atoms with Crippen molar-refractivity contribution >= 4 is 0 Å². The lowest BCUT2D eigenvalue weighted by atomic mass is 9.98. The molecule has 1 aromatic rings. The van der Waals surface area contributed by atoms with Crippen molar-refractivity contribution in [1.82, 2.24) is 0 Å². The van der Waals surface area contributed by atoms with Crippen LogP contribution in [0.15, 0.2) is 24.3 Å². The minimum absolute atomic E-state index is 0.493. The fourth-order valence-corrected chi connectivity index (χ4v) is 1.14. The molecule has 0 aliphatic carbocycles. The van der Waals surface area contributed by atoms with E-state index < -0.39 is 5.60 Å². The molecule has 78 valence electrons. The Morgan fingerprint density at radius 3 is 2.71 bits per heavy atom. The van der Waals surface area contributed by atoms with E-state index in [1.807, 2.05) is 24.3 Å². The SMILES string of the molecule is CC(C)(O)c1cccc(OCCN)c1. The molecule has 3 nitrogen and oxygen atoms in total. The van der Waals surface area contributed by atoms with Crippen LogP contribution in [0.2, 0.25) is 0 Å². The van der Waals surface area contributed by atoms with Crippen LogP contribution in [0.25, 0.3) is 0 Å². The highest BCUT2D eigenvalue weighted by Crippen LogP contribution is 2.23. The first kappa shape index (κ1) is 11.0. The predicted molar refractivity (Wildman–Crippen MR) is 56.2 cm³/mol. The Bertz CT molecular complexity index is 292. The molecule has 0 saturated carbocycles. The van der Waals surface area contributed by atoms with Gasteiger partial charge in [-0.1, -0.05) is 12.1 Å². The molecule has 0 bridgehead atoms. The molecular weight excluding hydrogens is 178 g/mol. The Balaban J connectivity index is 2.79. The summed E-state index contributed by atoms with van der Waals surface area (Å²) in [5.41, 5.74) is 5.33. The molecule has 0 spiro atoms.